The molecule has 3 heteroatoms. The zero-order valence-electron chi connectivity index (χ0n) is 8.55. The fourth-order valence-corrected chi connectivity index (χ4v) is 1.48. The third-order valence-electron chi connectivity index (χ3n) is 1.91. The van der Waals surface area contributed by atoms with E-state index in [2.05, 4.69) is 23.3 Å². The molecule has 0 saturated carbocycles. The fraction of sp³-hybridized carbons (Fsp3) is 0.364. The summed E-state index contributed by atoms with van der Waals surface area (Å²) in [5.74, 6) is 0.995. The summed E-state index contributed by atoms with van der Waals surface area (Å²) in [7, 11) is 1.79. The van der Waals surface area contributed by atoms with Crippen molar-refractivity contribution >= 4 is 17.4 Å². The average Bonchev–Trinajstić information content (AvgIpc) is 2.17. The van der Waals surface area contributed by atoms with Crippen LogP contribution in [0.25, 0.3) is 0 Å². The molecule has 0 radical (unpaired) electrons. The molecular weight excluding hydrogens is 196 g/mol. The molecule has 0 bridgehead atoms. The molecule has 1 aromatic carbocycles. The molecule has 0 aliphatic carbocycles. The van der Waals surface area contributed by atoms with Crippen LogP contribution in [0.3, 0.4) is 0 Å². The van der Waals surface area contributed by atoms with E-state index in [-0.39, 0.29) is 0 Å². The summed E-state index contributed by atoms with van der Waals surface area (Å²) in [5.41, 5.74) is 1.18. The van der Waals surface area contributed by atoms with Crippen LogP contribution < -0.4 is 5.32 Å². The second-order valence-corrected chi connectivity index (χ2v) is 3.44. The Morgan fingerprint density at radius 2 is 2.29 bits per heavy atom. The Morgan fingerprint density at radius 1 is 1.50 bits per heavy atom. The van der Waals surface area contributed by atoms with Crippen LogP contribution in [0.1, 0.15) is 12.5 Å². The summed E-state index contributed by atoms with van der Waals surface area (Å²) >= 11 is 5.89. The standard InChI is InChI=1S/C11H15ClN2/c1-3-14-11(13-2)8-9-5-4-6-10(12)7-9/h4-7H,3,8H2,1-2H3,(H,13,14). The molecule has 0 saturated heterocycles. The van der Waals surface area contributed by atoms with Crippen LogP contribution in [0.15, 0.2) is 29.3 Å². The number of aliphatic imine (C=N–C) groups is 1. The summed E-state index contributed by atoms with van der Waals surface area (Å²) in [4.78, 5) is 4.17. The highest BCUT2D eigenvalue weighted by molar-refractivity contribution is 6.30. The number of amidine groups is 1. The van der Waals surface area contributed by atoms with Crippen molar-refractivity contribution in [2.45, 2.75) is 13.3 Å². The number of benzene rings is 1. The molecule has 1 aromatic rings. The topological polar surface area (TPSA) is 24.4 Å². The molecule has 14 heavy (non-hydrogen) atoms. The molecular formula is C11H15ClN2. The lowest BCUT2D eigenvalue weighted by atomic mass is 10.1. The molecule has 0 heterocycles. The minimum Gasteiger partial charge on any atom is -0.374 e. The van der Waals surface area contributed by atoms with Crippen molar-refractivity contribution in [3.63, 3.8) is 0 Å². The molecule has 1 N–H and O–H groups in total. The zero-order chi connectivity index (χ0) is 10.4. The van der Waals surface area contributed by atoms with Crippen LogP contribution in [0.2, 0.25) is 5.02 Å². The average molecular weight is 211 g/mol. The summed E-state index contributed by atoms with van der Waals surface area (Å²) in [5, 5.41) is 3.98. The summed E-state index contributed by atoms with van der Waals surface area (Å²) < 4.78 is 0. The van der Waals surface area contributed by atoms with Crippen LogP contribution in [0, 0.1) is 0 Å². The Balaban J connectivity index is 2.67. The number of nitrogens with one attached hydrogen (secondary N) is 1. The third kappa shape index (κ3) is 3.38. The molecule has 0 fully saturated rings. The minimum atomic E-state index is 0.773. The first-order valence-corrected chi connectivity index (χ1v) is 5.08. The van der Waals surface area contributed by atoms with Crippen molar-refractivity contribution in [1.29, 1.82) is 0 Å². The Kier molecular flexibility index (Phi) is 4.47. The van der Waals surface area contributed by atoms with E-state index >= 15 is 0 Å². The van der Waals surface area contributed by atoms with Crippen LogP contribution in [-0.4, -0.2) is 19.4 Å². The highest BCUT2D eigenvalue weighted by Gasteiger charge is 1.99. The SMILES string of the molecule is CCNC(Cc1cccc(Cl)c1)=NC. The quantitative estimate of drug-likeness (QED) is 0.602. The Bertz CT molecular complexity index is 321. The summed E-state index contributed by atoms with van der Waals surface area (Å²) in [6.45, 7) is 2.95. The molecule has 0 aliphatic rings. The van der Waals surface area contributed by atoms with Crippen molar-refractivity contribution in [3.05, 3.63) is 34.9 Å². The van der Waals surface area contributed by atoms with Gasteiger partial charge in [-0.05, 0) is 24.6 Å². The highest BCUT2D eigenvalue weighted by Crippen LogP contribution is 2.11. The molecule has 0 atom stereocenters. The zero-order valence-corrected chi connectivity index (χ0v) is 9.30. The van der Waals surface area contributed by atoms with Crippen molar-refractivity contribution in [1.82, 2.24) is 5.32 Å². The van der Waals surface area contributed by atoms with Gasteiger partial charge < -0.3 is 5.32 Å². The Hall–Kier alpha value is -1.02. The first-order chi connectivity index (χ1) is 6.76. The van der Waals surface area contributed by atoms with Gasteiger partial charge in [0.2, 0.25) is 0 Å². The van der Waals surface area contributed by atoms with Crippen LogP contribution in [0.4, 0.5) is 0 Å². The third-order valence-corrected chi connectivity index (χ3v) is 2.15. The van der Waals surface area contributed by atoms with Gasteiger partial charge in [0, 0.05) is 25.0 Å². The molecule has 2 nitrogen and oxygen atoms in total. The molecule has 0 spiro atoms. The summed E-state index contributed by atoms with van der Waals surface area (Å²) in [6.07, 6.45) is 0.810. The van der Waals surface area contributed by atoms with Gasteiger partial charge in [0.05, 0.1) is 0 Å². The molecule has 76 valence electrons. The fourth-order valence-electron chi connectivity index (χ4n) is 1.26. The van der Waals surface area contributed by atoms with Gasteiger partial charge in [0.15, 0.2) is 0 Å². The maximum absolute atomic E-state index is 5.89. The van der Waals surface area contributed by atoms with Crippen LogP contribution >= 0.6 is 11.6 Å². The molecule has 0 amide bonds. The van der Waals surface area contributed by atoms with Crippen molar-refractivity contribution in [3.8, 4) is 0 Å². The number of halogens is 1. The molecule has 0 aliphatic heterocycles. The largest absolute Gasteiger partial charge is 0.374 e. The predicted molar refractivity (Wildman–Crippen MR) is 62.2 cm³/mol. The van der Waals surface area contributed by atoms with Gasteiger partial charge >= 0.3 is 0 Å². The van der Waals surface area contributed by atoms with Gasteiger partial charge in [-0.2, -0.15) is 0 Å². The second kappa shape index (κ2) is 5.66. The Labute approximate surface area is 90.0 Å². The second-order valence-electron chi connectivity index (χ2n) is 3.01. The van der Waals surface area contributed by atoms with Crippen LogP contribution in [0.5, 0.6) is 0 Å². The lowest BCUT2D eigenvalue weighted by Crippen LogP contribution is -2.24. The normalized spacial score (nSPS) is 11.5. The monoisotopic (exact) mass is 210 g/mol. The van der Waals surface area contributed by atoms with Crippen molar-refractivity contribution < 1.29 is 0 Å². The van der Waals surface area contributed by atoms with Gasteiger partial charge in [-0.25, -0.2) is 0 Å². The lowest BCUT2D eigenvalue weighted by molar-refractivity contribution is 0.937. The molecule has 0 unspecified atom stereocenters. The number of hydrogen-bond acceptors (Lipinski definition) is 1. The maximum Gasteiger partial charge on any atom is 0.100 e. The molecule has 1 rings (SSSR count). The van der Waals surface area contributed by atoms with Crippen molar-refractivity contribution in [2.75, 3.05) is 13.6 Å². The highest BCUT2D eigenvalue weighted by atomic mass is 35.5. The summed E-state index contributed by atoms with van der Waals surface area (Å²) in [6, 6.07) is 7.84. The first kappa shape index (κ1) is 11.1. The lowest BCUT2D eigenvalue weighted by Gasteiger charge is -2.07. The smallest absolute Gasteiger partial charge is 0.100 e. The predicted octanol–water partition coefficient (Wildman–Crippen LogP) is 2.52. The number of likely N-dealkylation sites (N-methyl/N-ethyl adjacent to an activating group) is 1. The van der Waals surface area contributed by atoms with Gasteiger partial charge in [-0.3, -0.25) is 4.99 Å². The maximum atomic E-state index is 5.89. The van der Waals surface area contributed by atoms with Gasteiger partial charge in [-0.1, -0.05) is 23.7 Å². The van der Waals surface area contributed by atoms with Crippen LogP contribution in [-0.2, 0) is 6.42 Å². The minimum absolute atomic E-state index is 0.773. The van der Waals surface area contributed by atoms with E-state index in [9.17, 15) is 0 Å². The number of hydrogen-bond donors (Lipinski definition) is 1. The number of rotatable bonds is 3. The van der Waals surface area contributed by atoms with E-state index in [1.165, 1.54) is 5.56 Å². The first-order valence-electron chi connectivity index (χ1n) is 4.70. The molecule has 0 aromatic heterocycles. The van der Waals surface area contributed by atoms with E-state index in [1.54, 1.807) is 7.05 Å². The van der Waals surface area contributed by atoms with E-state index in [0.29, 0.717) is 0 Å². The van der Waals surface area contributed by atoms with E-state index < -0.39 is 0 Å². The van der Waals surface area contributed by atoms with Gasteiger partial charge in [0.25, 0.3) is 0 Å². The van der Waals surface area contributed by atoms with E-state index in [0.717, 1.165) is 23.8 Å². The van der Waals surface area contributed by atoms with E-state index in [1.807, 2.05) is 18.2 Å². The van der Waals surface area contributed by atoms with Gasteiger partial charge in [0.1, 0.15) is 5.84 Å². The number of nitrogens with zero attached hydrogens (tertiary/aromatic N) is 1. The Morgan fingerprint density at radius 3 is 2.86 bits per heavy atom. The van der Waals surface area contributed by atoms with E-state index in [4.69, 9.17) is 11.6 Å². The van der Waals surface area contributed by atoms with Gasteiger partial charge in [-0.15, -0.1) is 0 Å². The van der Waals surface area contributed by atoms with Crippen molar-refractivity contribution in [2.24, 2.45) is 4.99 Å².